The highest BCUT2D eigenvalue weighted by molar-refractivity contribution is 5.36. The van der Waals surface area contributed by atoms with Crippen LogP contribution >= 0.6 is 0 Å². The van der Waals surface area contributed by atoms with Crippen LogP contribution < -0.4 is 10.1 Å². The van der Waals surface area contributed by atoms with Gasteiger partial charge in [-0.2, -0.15) is 0 Å². The number of benzene rings is 1. The van der Waals surface area contributed by atoms with E-state index in [-0.39, 0.29) is 11.9 Å². The van der Waals surface area contributed by atoms with E-state index >= 15 is 0 Å². The summed E-state index contributed by atoms with van der Waals surface area (Å²) in [6.07, 6.45) is 3.64. The molecule has 118 valence electrons. The molecule has 0 spiro atoms. The first-order chi connectivity index (χ1) is 10.2. The topological polar surface area (TPSA) is 24.5 Å². The van der Waals surface area contributed by atoms with Gasteiger partial charge in [-0.05, 0) is 51.9 Å². The van der Waals surface area contributed by atoms with E-state index in [1.54, 1.807) is 0 Å². The lowest BCUT2D eigenvalue weighted by Crippen LogP contribution is -2.25. The highest BCUT2D eigenvalue weighted by Gasteiger charge is 2.14. The van der Waals surface area contributed by atoms with Crippen molar-refractivity contribution in [3.63, 3.8) is 0 Å². The van der Waals surface area contributed by atoms with Gasteiger partial charge in [-0.25, -0.2) is 4.39 Å². The van der Waals surface area contributed by atoms with Gasteiger partial charge in [0.05, 0.1) is 0 Å². The largest absolute Gasteiger partial charge is 0.492 e. The van der Waals surface area contributed by atoms with Gasteiger partial charge in [0.15, 0.2) is 0 Å². The standard InChI is InChI=1S/C17H27FN2O/c1-3-8-19-14(2)16-7-6-15(18)13-17(16)21-12-11-20-9-4-5-10-20/h6-7,13-14,19H,3-5,8-12H2,1-2H3. The molecule has 0 aromatic heterocycles. The van der Waals surface area contributed by atoms with Crippen molar-refractivity contribution in [1.29, 1.82) is 0 Å². The summed E-state index contributed by atoms with van der Waals surface area (Å²) in [4.78, 5) is 2.40. The fourth-order valence-corrected chi connectivity index (χ4v) is 2.75. The minimum absolute atomic E-state index is 0.173. The average molecular weight is 294 g/mol. The summed E-state index contributed by atoms with van der Waals surface area (Å²) < 4.78 is 19.3. The predicted octanol–water partition coefficient (Wildman–Crippen LogP) is 3.36. The second-order valence-electron chi connectivity index (χ2n) is 5.76. The maximum absolute atomic E-state index is 13.5. The predicted molar refractivity (Wildman–Crippen MR) is 84.3 cm³/mol. The molecule has 1 fully saturated rings. The fraction of sp³-hybridized carbons (Fsp3) is 0.647. The van der Waals surface area contributed by atoms with Gasteiger partial charge in [0.2, 0.25) is 0 Å². The second kappa shape index (κ2) is 8.35. The van der Waals surface area contributed by atoms with E-state index in [0.29, 0.717) is 12.4 Å². The van der Waals surface area contributed by atoms with Crippen molar-refractivity contribution in [3.8, 4) is 5.75 Å². The molecule has 3 nitrogen and oxygen atoms in total. The van der Waals surface area contributed by atoms with E-state index in [1.807, 2.05) is 6.07 Å². The van der Waals surface area contributed by atoms with Crippen LogP contribution in [-0.2, 0) is 0 Å². The Morgan fingerprint density at radius 2 is 2.10 bits per heavy atom. The number of hydrogen-bond acceptors (Lipinski definition) is 3. The molecule has 21 heavy (non-hydrogen) atoms. The van der Waals surface area contributed by atoms with Gasteiger partial charge in [0.25, 0.3) is 0 Å². The number of nitrogens with one attached hydrogen (secondary N) is 1. The number of likely N-dealkylation sites (tertiary alicyclic amines) is 1. The Labute approximate surface area is 127 Å². The van der Waals surface area contributed by atoms with Crippen LogP contribution in [0.1, 0.15) is 44.7 Å². The summed E-state index contributed by atoms with van der Waals surface area (Å²) in [6, 6.07) is 5.01. The van der Waals surface area contributed by atoms with Crippen LogP contribution in [0.15, 0.2) is 18.2 Å². The molecule has 0 radical (unpaired) electrons. The van der Waals surface area contributed by atoms with E-state index in [4.69, 9.17) is 4.74 Å². The number of nitrogens with zero attached hydrogens (tertiary/aromatic N) is 1. The lowest BCUT2D eigenvalue weighted by Gasteiger charge is -2.20. The normalized spacial score (nSPS) is 17.1. The van der Waals surface area contributed by atoms with Crippen LogP contribution in [0.2, 0.25) is 0 Å². The van der Waals surface area contributed by atoms with Crippen LogP contribution in [0, 0.1) is 5.82 Å². The molecular weight excluding hydrogens is 267 g/mol. The molecule has 1 N–H and O–H groups in total. The number of hydrogen-bond donors (Lipinski definition) is 1. The first kappa shape index (κ1) is 16.2. The minimum atomic E-state index is -0.238. The molecule has 1 aliphatic rings. The summed E-state index contributed by atoms with van der Waals surface area (Å²) in [5.41, 5.74) is 1.03. The summed E-state index contributed by atoms with van der Waals surface area (Å²) in [7, 11) is 0. The van der Waals surface area contributed by atoms with E-state index in [1.165, 1.54) is 25.0 Å². The van der Waals surface area contributed by atoms with Gasteiger partial charge < -0.3 is 10.1 Å². The van der Waals surface area contributed by atoms with E-state index in [9.17, 15) is 4.39 Å². The van der Waals surface area contributed by atoms with Crippen LogP contribution in [0.5, 0.6) is 5.75 Å². The lowest BCUT2D eigenvalue weighted by molar-refractivity contribution is 0.234. The van der Waals surface area contributed by atoms with Gasteiger partial charge >= 0.3 is 0 Å². The highest BCUT2D eigenvalue weighted by Crippen LogP contribution is 2.26. The average Bonchev–Trinajstić information content (AvgIpc) is 2.98. The third-order valence-corrected chi connectivity index (χ3v) is 4.01. The summed E-state index contributed by atoms with van der Waals surface area (Å²) >= 11 is 0. The maximum Gasteiger partial charge on any atom is 0.127 e. The third-order valence-electron chi connectivity index (χ3n) is 4.01. The molecule has 1 unspecified atom stereocenters. The monoisotopic (exact) mass is 294 g/mol. The maximum atomic E-state index is 13.5. The smallest absolute Gasteiger partial charge is 0.127 e. The molecule has 0 bridgehead atoms. The molecular formula is C17H27FN2O. The molecule has 0 amide bonds. The molecule has 1 heterocycles. The summed E-state index contributed by atoms with van der Waals surface area (Å²) in [5.74, 6) is 0.433. The van der Waals surface area contributed by atoms with Gasteiger partial charge in [-0.15, -0.1) is 0 Å². The van der Waals surface area contributed by atoms with Crippen molar-refractivity contribution in [3.05, 3.63) is 29.6 Å². The molecule has 0 saturated carbocycles. The van der Waals surface area contributed by atoms with Crippen molar-refractivity contribution in [2.45, 2.75) is 39.2 Å². The van der Waals surface area contributed by atoms with Gasteiger partial charge in [-0.1, -0.05) is 13.0 Å². The molecule has 1 atom stereocenters. The van der Waals surface area contributed by atoms with Gasteiger partial charge in [0, 0.05) is 24.2 Å². The molecule has 1 aromatic carbocycles. The third kappa shape index (κ3) is 4.97. The molecule has 0 aliphatic carbocycles. The number of rotatable bonds is 8. The van der Waals surface area contributed by atoms with Crippen molar-refractivity contribution in [2.75, 3.05) is 32.8 Å². The Morgan fingerprint density at radius 3 is 2.81 bits per heavy atom. The minimum Gasteiger partial charge on any atom is -0.492 e. The molecule has 1 aliphatic heterocycles. The van der Waals surface area contributed by atoms with E-state index in [2.05, 4.69) is 24.1 Å². The zero-order valence-electron chi connectivity index (χ0n) is 13.2. The van der Waals surface area contributed by atoms with Crippen LogP contribution in [0.4, 0.5) is 4.39 Å². The second-order valence-corrected chi connectivity index (χ2v) is 5.76. The summed E-state index contributed by atoms with van der Waals surface area (Å²) in [6.45, 7) is 9.05. The zero-order chi connectivity index (χ0) is 15.1. The molecule has 1 aromatic rings. The first-order valence-electron chi connectivity index (χ1n) is 8.08. The molecule has 1 saturated heterocycles. The van der Waals surface area contributed by atoms with Crippen molar-refractivity contribution < 1.29 is 9.13 Å². The Morgan fingerprint density at radius 1 is 1.33 bits per heavy atom. The van der Waals surface area contributed by atoms with E-state index in [0.717, 1.165) is 38.2 Å². The fourth-order valence-electron chi connectivity index (χ4n) is 2.75. The van der Waals surface area contributed by atoms with Crippen molar-refractivity contribution >= 4 is 0 Å². The molecule has 2 rings (SSSR count). The SMILES string of the molecule is CCCNC(C)c1ccc(F)cc1OCCN1CCCC1. The van der Waals surface area contributed by atoms with Crippen LogP contribution in [0.25, 0.3) is 0 Å². The Balaban J connectivity index is 1.93. The van der Waals surface area contributed by atoms with Gasteiger partial charge in [-0.3, -0.25) is 4.90 Å². The number of halogens is 1. The number of ether oxygens (including phenoxy) is 1. The van der Waals surface area contributed by atoms with Gasteiger partial charge in [0.1, 0.15) is 18.2 Å². The van der Waals surface area contributed by atoms with Crippen LogP contribution in [0.3, 0.4) is 0 Å². The summed E-state index contributed by atoms with van der Waals surface area (Å²) in [5, 5.41) is 3.43. The van der Waals surface area contributed by atoms with Crippen LogP contribution in [-0.4, -0.2) is 37.7 Å². The van der Waals surface area contributed by atoms with E-state index < -0.39 is 0 Å². The van der Waals surface area contributed by atoms with Crippen molar-refractivity contribution in [2.24, 2.45) is 0 Å². The Kier molecular flexibility index (Phi) is 6.46. The Bertz CT molecular complexity index is 433. The Hall–Kier alpha value is -1.13. The lowest BCUT2D eigenvalue weighted by atomic mass is 10.1. The van der Waals surface area contributed by atoms with Crippen molar-refractivity contribution in [1.82, 2.24) is 10.2 Å². The zero-order valence-corrected chi connectivity index (χ0v) is 13.2. The first-order valence-corrected chi connectivity index (χ1v) is 8.08. The highest BCUT2D eigenvalue weighted by atomic mass is 19.1. The molecule has 4 heteroatoms. The quantitative estimate of drug-likeness (QED) is 0.795.